The highest BCUT2D eigenvalue weighted by molar-refractivity contribution is 6.31. The van der Waals surface area contributed by atoms with E-state index in [0.717, 1.165) is 17.7 Å². The number of nitrogens with zero attached hydrogens (tertiary/aromatic N) is 1. The lowest BCUT2D eigenvalue weighted by molar-refractivity contribution is 0.0683. The summed E-state index contributed by atoms with van der Waals surface area (Å²) in [6, 6.07) is 15.3. The van der Waals surface area contributed by atoms with Gasteiger partial charge in [-0.1, -0.05) is 48.9 Å². The molecule has 4 heteroatoms. The molecule has 0 fully saturated rings. The number of fused-ring (bicyclic) bond motifs is 1. The van der Waals surface area contributed by atoms with E-state index in [2.05, 4.69) is 12.2 Å². The van der Waals surface area contributed by atoms with Crippen molar-refractivity contribution in [2.45, 2.75) is 19.5 Å². The molecule has 1 atom stereocenters. The summed E-state index contributed by atoms with van der Waals surface area (Å²) in [5, 5.41) is 4.11. The van der Waals surface area contributed by atoms with Crippen LogP contribution in [0.1, 0.15) is 35.4 Å². The zero-order valence-electron chi connectivity index (χ0n) is 11.8. The quantitative estimate of drug-likeness (QED) is 0.915. The number of rotatable bonds is 3. The van der Waals surface area contributed by atoms with Crippen molar-refractivity contribution in [3.05, 3.63) is 64.7 Å². The summed E-state index contributed by atoms with van der Waals surface area (Å²) in [6.07, 6.45) is 0.678. The molecule has 0 unspecified atom stereocenters. The lowest BCUT2D eigenvalue weighted by Crippen LogP contribution is -2.43. The number of anilines is 1. The van der Waals surface area contributed by atoms with Crippen LogP contribution in [0.4, 0.5) is 5.69 Å². The third-order valence-electron chi connectivity index (χ3n) is 3.69. The highest BCUT2D eigenvalue weighted by atomic mass is 35.5. The van der Waals surface area contributed by atoms with Crippen LogP contribution >= 0.6 is 11.6 Å². The Morgan fingerprint density at radius 3 is 2.62 bits per heavy atom. The van der Waals surface area contributed by atoms with E-state index in [-0.39, 0.29) is 12.1 Å². The molecule has 3 nitrogen and oxygen atoms in total. The smallest absolute Gasteiger partial charge is 0.257 e. The van der Waals surface area contributed by atoms with Gasteiger partial charge in [0.05, 0.1) is 5.56 Å². The van der Waals surface area contributed by atoms with Gasteiger partial charge in [-0.15, -0.1) is 0 Å². The van der Waals surface area contributed by atoms with Crippen LogP contribution in [0.25, 0.3) is 0 Å². The second kappa shape index (κ2) is 5.78. The van der Waals surface area contributed by atoms with Crippen LogP contribution in [0.3, 0.4) is 0 Å². The van der Waals surface area contributed by atoms with Crippen LogP contribution in [-0.4, -0.2) is 17.4 Å². The third kappa shape index (κ3) is 2.49. The van der Waals surface area contributed by atoms with Gasteiger partial charge in [-0.3, -0.25) is 4.79 Å². The standard InChI is InChI=1S/C17H17ClN2O/c1-2-11-20-16(12-7-3-5-9-14(12)18)19-15-10-6-4-8-13(15)17(20)21/h3-10,16,19H,2,11H2,1H3/t16-/m0/s1. The molecule has 108 valence electrons. The van der Waals surface area contributed by atoms with Crippen molar-refractivity contribution in [2.24, 2.45) is 0 Å². The van der Waals surface area contributed by atoms with Gasteiger partial charge in [-0.2, -0.15) is 0 Å². The molecule has 2 aromatic carbocycles. The Labute approximate surface area is 129 Å². The van der Waals surface area contributed by atoms with Crippen molar-refractivity contribution in [3.63, 3.8) is 0 Å². The molecule has 1 aliphatic rings. The number of carbonyl (C=O) groups is 1. The maximum Gasteiger partial charge on any atom is 0.257 e. The maximum atomic E-state index is 12.7. The van der Waals surface area contributed by atoms with E-state index in [4.69, 9.17) is 11.6 Å². The summed E-state index contributed by atoms with van der Waals surface area (Å²) in [4.78, 5) is 14.6. The van der Waals surface area contributed by atoms with Crippen LogP contribution in [0.2, 0.25) is 5.02 Å². The first kappa shape index (κ1) is 14.0. The van der Waals surface area contributed by atoms with Gasteiger partial charge < -0.3 is 10.2 Å². The Balaban J connectivity index is 2.07. The van der Waals surface area contributed by atoms with E-state index in [9.17, 15) is 4.79 Å². The van der Waals surface area contributed by atoms with Crippen molar-refractivity contribution in [1.82, 2.24) is 4.90 Å². The van der Waals surface area contributed by atoms with Gasteiger partial charge in [-0.25, -0.2) is 0 Å². The van der Waals surface area contributed by atoms with E-state index in [0.29, 0.717) is 17.1 Å². The van der Waals surface area contributed by atoms with Gasteiger partial charge in [0.25, 0.3) is 5.91 Å². The van der Waals surface area contributed by atoms with Gasteiger partial charge in [0, 0.05) is 22.8 Å². The Morgan fingerprint density at radius 1 is 1.14 bits per heavy atom. The molecular formula is C17H17ClN2O. The zero-order chi connectivity index (χ0) is 14.8. The fourth-order valence-electron chi connectivity index (χ4n) is 2.71. The molecule has 0 saturated carbocycles. The van der Waals surface area contributed by atoms with Crippen molar-refractivity contribution in [2.75, 3.05) is 11.9 Å². The Morgan fingerprint density at radius 2 is 1.86 bits per heavy atom. The monoisotopic (exact) mass is 300 g/mol. The molecule has 0 bridgehead atoms. The number of amides is 1. The highest BCUT2D eigenvalue weighted by Gasteiger charge is 2.32. The zero-order valence-corrected chi connectivity index (χ0v) is 12.6. The largest absolute Gasteiger partial charge is 0.361 e. The predicted octanol–water partition coefficient (Wildman–Crippen LogP) is 4.32. The summed E-state index contributed by atoms with van der Waals surface area (Å²) in [5.41, 5.74) is 2.50. The minimum absolute atomic E-state index is 0.0520. The average Bonchev–Trinajstić information content (AvgIpc) is 2.51. The highest BCUT2D eigenvalue weighted by Crippen LogP contribution is 2.35. The van der Waals surface area contributed by atoms with Crippen molar-refractivity contribution < 1.29 is 4.79 Å². The van der Waals surface area contributed by atoms with Gasteiger partial charge >= 0.3 is 0 Å². The number of nitrogens with one attached hydrogen (secondary N) is 1. The number of hydrogen-bond donors (Lipinski definition) is 1. The molecule has 2 aromatic rings. The van der Waals surface area contributed by atoms with E-state index >= 15 is 0 Å². The van der Waals surface area contributed by atoms with Gasteiger partial charge in [0.2, 0.25) is 0 Å². The second-order valence-electron chi connectivity index (χ2n) is 5.11. The number of para-hydroxylation sites is 1. The molecule has 0 saturated heterocycles. The number of hydrogen-bond acceptors (Lipinski definition) is 2. The van der Waals surface area contributed by atoms with Crippen LogP contribution in [0.5, 0.6) is 0 Å². The van der Waals surface area contributed by atoms with Gasteiger partial charge in [0.1, 0.15) is 6.17 Å². The van der Waals surface area contributed by atoms with Crippen LogP contribution < -0.4 is 5.32 Å². The molecule has 3 rings (SSSR count). The van der Waals surface area contributed by atoms with Gasteiger partial charge in [-0.05, 0) is 24.6 Å². The molecule has 1 heterocycles. The summed E-state index contributed by atoms with van der Waals surface area (Å²) >= 11 is 6.32. The first-order valence-corrected chi connectivity index (χ1v) is 7.51. The fraction of sp³-hybridized carbons (Fsp3) is 0.235. The van der Waals surface area contributed by atoms with E-state index in [1.165, 1.54) is 0 Å². The number of benzene rings is 2. The average molecular weight is 301 g/mol. The van der Waals surface area contributed by atoms with E-state index in [1.807, 2.05) is 53.4 Å². The summed E-state index contributed by atoms with van der Waals surface area (Å²) in [5.74, 6) is 0.0520. The molecule has 0 radical (unpaired) electrons. The molecule has 0 aliphatic carbocycles. The second-order valence-corrected chi connectivity index (χ2v) is 5.52. The van der Waals surface area contributed by atoms with Crippen molar-refractivity contribution >= 4 is 23.2 Å². The van der Waals surface area contributed by atoms with Crippen LogP contribution in [0, 0.1) is 0 Å². The van der Waals surface area contributed by atoms with Crippen LogP contribution in [0.15, 0.2) is 48.5 Å². The topological polar surface area (TPSA) is 32.3 Å². The molecule has 1 aliphatic heterocycles. The molecule has 0 aromatic heterocycles. The minimum atomic E-state index is -0.221. The first-order chi connectivity index (χ1) is 10.2. The molecule has 1 N–H and O–H groups in total. The lowest BCUT2D eigenvalue weighted by atomic mass is 10.0. The van der Waals surface area contributed by atoms with Crippen LogP contribution in [-0.2, 0) is 0 Å². The molecule has 21 heavy (non-hydrogen) atoms. The minimum Gasteiger partial charge on any atom is -0.361 e. The Bertz CT molecular complexity index is 671. The Kier molecular flexibility index (Phi) is 3.84. The molecule has 1 amide bonds. The molecular weight excluding hydrogens is 284 g/mol. The van der Waals surface area contributed by atoms with Gasteiger partial charge in [0.15, 0.2) is 0 Å². The lowest BCUT2D eigenvalue weighted by Gasteiger charge is -2.38. The fourth-order valence-corrected chi connectivity index (χ4v) is 2.95. The summed E-state index contributed by atoms with van der Waals surface area (Å²) in [6.45, 7) is 2.76. The first-order valence-electron chi connectivity index (χ1n) is 7.13. The summed E-state index contributed by atoms with van der Waals surface area (Å²) < 4.78 is 0. The normalized spacial score (nSPS) is 17.3. The number of carbonyl (C=O) groups excluding carboxylic acids is 1. The number of halogens is 1. The van der Waals surface area contributed by atoms with E-state index in [1.54, 1.807) is 0 Å². The van der Waals surface area contributed by atoms with Crippen molar-refractivity contribution in [3.8, 4) is 0 Å². The Hall–Kier alpha value is -2.00. The van der Waals surface area contributed by atoms with E-state index < -0.39 is 0 Å². The van der Waals surface area contributed by atoms with Crippen molar-refractivity contribution in [1.29, 1.82) is 0 Å². The third-order valence-corrected chi connectivity index (χ3v) is 4.03. The SMILES string of the molecule is CCCN1C(=O)c2ccccc2N[C@@H]1c1ccccc1Cl. The predicted molar refractivity (Wildman–Crippen MR) is 85.6 cm³/mol. The summed E-state index contributed by atoms with van der Waals surface area (Å²) in [7, 11) is 0. The molecule has 0 spiro atoms. The maximum absolute atomic E-state index is 12.7.